The van der Waals surface area contributed by atoms with Crippen molar-refractivity contribution in [2.45, 2.75) is 26.7 Å². The van der Waals surface area contributed by atoms with Crippen LogP contribution < -0.4 is 15.7 Å². The molecule has 0 aliphatic heterocycles. The fraction of sp³-hybridized carbons (Fsp3) is 0.350. The number of rotatable bonds is 8. The van der Waals surface area contributed by atoms with Crippen molar-refractivity contribution >= 4 is 22.8 Å². The Kier molecular flexibility index (Phi) is 6.76. The number of carbonyl (C=O) groups excluding carboxylic acids is 2. The maximum Gasteiger partial charge on any atom is 0.339 e. The molecule has 0 saturated heterocycles. The van der Waals surface area contributed by atoms with Crippen LogP contribution in [0.5, 0.6) is 5.75 Å². The van der Waals surface area contributed by atoms with Crippen LogP contribution in [0.15, 0.2) is 39.6 Å². The second-order valence-electron chi connectivity index (χ2n) is 6.25. The van der Waals surface area contributed by atoms with Crippen molar-refractivity contribution in [3.8, 4) is 5.75 Å². The molecule has 0 spiro atoms. The Morgan fingerprint density at radius 1 is 1.30 bits per heavy atom. The highest BCUT2D eigenvalue weighted by atomic mass is 16.5. The van der Waals surface area contributed by atoms with Gasteiger partial charge in [-0.1, -0.05) is 6.58 Å². The van der Waals surface area contributed by atoms with Crippen LogP contribution in [0, 0.1) is 6.92 Å². The summed E-state index contributed by atoms with van der Waals surface area (Å²) in [6, 6.07) is 5.28. The van der Waals surface area contributed by atoms with Gasteiger partial charge < -0.3 is 19.2 Å². The number of ether oxygens (including phenoxy) is 2. The summed E-state index contributed by atoms with van der Waals surface area (Å²) in [6.07, 6.45) is 0.277. The van der Waals surface area contributed by atoms with E-state index in [1.807, 2.05) is 19.9 Å². The summed E-state index contributed by atoms with van der Waals surface area (Å²) in [6.45, 7) is 7.63. The van der Waals surface area contributed by atoms with Crippen LogP contribution in [-0.2, 0) is 20.7 Å². The van der Waals surface area contributed by atoms with E-state index in [1.165, 1.54) is 7.11 Å². The van der Waals surface area contributed by atoms with Gasteiger partial charge in [0.05, 0.1) is 7.11 Å². The molecule has 1 heterocycles. The molecular weight excluding hydrogens is 350 g/mol. The first-order valence-electron chi connectivity index (χ1n) is 8.49. The summed E-state index contributed by atoms with van der Waals surface area (Å²) >= 11 is 0. The predicted octanol–water partition coefficient (Wildman–Crippen LogP) is 2.28. The Labute approximate surface area is 157 Å². The number of hydrogen-bond acceptors (Lipinski definition) is 6. The quantitative estimate of drug-likeness (QED) is 0.433. The van der Waals surface area contributed by atoms with E-state index in [0.717, 1.165) is 16.5 Å². The molecule has 0 aliphatic carbocycles. The molecule has 2 rings (SSSR count). The van der Waals surface area contributed by atoms with Crippen molar-refractivity contribution in [1.29, 1.82) is 0 Å². The summed E-state index contributed by atoms with van der Waals surface area (Å²) in [7, 11) is 1.24. The largest absolute Gasteiger partial charge is 0.489 e. The topological polar surface area (TPSA) is 94.8 Å². The van der Waals surface area contributed by atoms with Crippen molar-refractivity contribution < 1.29 is 23.5 Å². The molecule has 0 unspecified atom stereocenters. The molecule has 7 nitrogen and oxygen atoms in total. The van der Waals surface area contributed by atoms with Gasteiger partial charge in [-0.2, -0.15) is 0 Å². The number of esters is 1. The summed E-state index contributed by atoms with van der Waals surface area (Å²) in [5.41, 5.74) is 2.02. The first-order chi connectivity index (χ1) is 12.8. The molecule has 0 aliphatic rings. The van der Waals surface area contributed by atoms with Gasteiger partial charge in [0, 0.05) is 23.4 Å². The van der Waals surface area contributed by atoms with Crippen LogP contribution in [0.1, 0.15) is 24.5 Å². The normalized spacial score (nSPS) is 10.5. The highest BCUT2D eigenvalue weighted by Crippen LogP contribution is 2.24. The maximum absolute atomic E-state index is 12.3. The molecule has 1 N–H and O–H groups in total. The second-order valence-corrected chi connectivity index (χ2v) is 6.25. The van der Waals surface area contributed by atoms with E-state index in [4.69, 9.17) is 9.15 Å². The number of aryl methyl sites for hydroxylation is 1. The Balaban J connectivity index is 2.15. The minimum atomic E-state index is -0.533. The number of carbonyl (C=O) groups is 2. The smallest absolute Gasteiger partial charge is 0.339 e. The molecule has 0 saturated carbocycles. The minimum absolute atomic E-state index is 0.0634. The zero-order chi connectivity index (χ0) is 20.0. The van der Waals surface area contributed by atoms with Gasteiger partial charge in [-0.3, -0.25) is 9.59 Å². The number of benzene rings is 1. The first kappa shape index (κ1) is 20.2. The lowest BCUT2D eigenvalue weighted by atomic mass is 10.0. The minimum Gasteiger partial charge on any atom is -0.489 e. The van der Waals surface area contributed by atoms with Gasteiger partial charge in [0.1, 0.15) is 24.5 Å². The molecule has 2 aromatic rings. The molecule has 1 amide bonds. The summed E-state index contributed by atoms with van der Waals surface area (Å²) in [5.74, 6) is -0.291. The zero-order valence-electron chi connectivity index (χ0n) is 15.7. The molecule has 0 atom stereocenters. The average molecular weight is 373 g/mol. The fourth-order valence-electron chi connectivity index (χ4n) is 2.53. The van der Waals surface area contributed by atoms with E-state index in [1.54, 1.807) is 12.1 Å². The lowest BCUT2D eigenvalue weighted by molar-refractivity contribution is -0.141. The van der Waals surface area contributed by atoms with Crippen LogP contribution >= 0.6 is 0 Å². The molecule has 0 bridgehead atoms. The molecule has 1 aromatic heterocycles. The Morgan fingerprint density at radius 3 is 2.70 bits per heavy atom. The summed E-state index contributed by atoms with van der Waals surface area (Å²) in [4.78, 5) is 35.2. The van der Waals surface area contributed by atoms with E-state index >= 15 is 0 Å². The summed E-state index contributed by atoms with van der Waals surface area (Å²) < 4.78 is 15.4. The van der Waals surface area contributed by atoms with E-state index in [0.29, 0.717) is 23.5 Å². The predicted molar refractivity (Wildman–Crippen MR) is 101 cm³/mol. The van der Waals surface area contributed by atoms with Crippen molar-refractivity contribution in [3.05, 3.63) is 51.9 Å². The molecule has 7 heteroatoms. The molecule has 0 radical (unpaired) electrons. The van der Waals surface area contributed by atoms with E-state index in [2.05, 4.69) is 16.6 Å². The molecule has 0 fully saturated rings. The fourth-order valence-corrected chi connectivity index (χ4v) is 2.53. The van der Waals surface area contributed by atoms with Gasteiger partial charge in [-0.25, -0.2) is 4.79 Å². The third kappa shape index (κ3) is 5.44. The second kappa shape index (κ2) is 9.02. The van der Waals surface area contributed by atoms with Crippen molar-refractivity contribution in [1.82, 2.24) is 5.32 Å². The molecule has 144 valence electrons. The highest BCUT2D eigenvalue weighted by Gasteiger charge is 2.14. The zero-order valence-corrected chi connectivity index (χ0v) is 15.7. The lowest BCUT2D eigenvalue weighted by Gasteiger charge is -2.10. The maximum atomic E-state index is 12.3. The molecule has 1 aromatic carbocycles. The van der Waals surface area contributed by atoms with Gasteiger partial charge in [0.25, 0.3) is 0 Å². The SMILES string of the molecule is C=C(C)COc1ccc2c(C)c(CCC(=O)NCC(=O)OC)c(=O)oc2c1. The van der Waals surface area contributed by atoms with Crippen molar-refractivity contribution in [3.63, 3.8) is 0 Å². The Hall–Kier alpha value is -3.09. The number of hydrogen-bond donors (Lipinski definition) is 1. The van der Waals surface area contributed by atoms with Crippen molar-refractivity contribution in [2.75, 3.05) is 20.3 Å². The van der Waals surface area contributed by atoms with Crippen molar-refractivity contribution in [2.24, 2.45) is 0 Å². The average Bonchev–Trinajstić information content (AvgIpc) is 2.63. The third-order valence-electron chi connectivity index (χ3n) is 4.00. The van der Waals surface area contributed by atoms with E-state index in [-0.39, 0.29) is 25.3 Å². The van der Waals surface area contributed by atoms with Gasteiger partial charge in [-0.15, -0.1) is 0 Å². The van der Waals surface area contributed by atoms with Gasteiger partial charge in [0.2, 0.25) is 5.91 Å². The van der Waals surface area contributed by atoms with Crippen LogP contribution in [0.2, 0.25) is 0 Å². The van der Waals surface area contributed by atoms with Gasteiger partial charge >= 0.3 is 11.6 Å². The van der Waals surface area contributed by atoms with Gasteiger partial charge in [-0.05, 0) is 43.5 Å². The van der Waals surface area contributed by atoms with E-state index in [9.17, 15) is 14.4 Å². The van der Waals surface area contributed by atoms with Crippen LogP contribution in [0.3, 0.4) is 0 Å². The third-order valence-corrected chi connectivity index (χ3v) is 4.00. The van der Waals surface area contributed by atoms with Crippen LogP contribution in [0.25, 0.3) is 11.0 Å². The number of methoxy groups -OCH3 is 1. The lowest BCUT2D eigenvalue weighted by Crippen LogP contribution is -2.30. The van der Waals surface area contributed by atoms with Crippen LogP contribution in [0.4, 0.5) is 0 Å². The van der Waals surface area contributed by atoms with Gasteiger partial charge in [0.15, 0.2) is 0 Å². The standard InChI is InChI=1S/C20H23NO6/c1-12(2)11-26-14-5-6-15-13(3)16(20(24)27-17(15)9-14)7-8-18(22)21-10-19(23)25-4/h5-6,9H,1,7-8,10-11H2,2-4H3,(H,21,22). The van der Waals surface area contributed by atoms with E-state index < -0.39 is 11.6 Å². The van der Waals surface area contributed by atoms with Crippen LogP contribution in [-0.4, -0.2) is 32.1 Å². The highest BCUT2D eigenvalue weighted by molar-refractivity contribution is 5.83. The summed E-state index contributed by atoms with van der Waals surface area (Å²) in [5, 5.41) is 3.22. The Morgan fingerprint density at radius 2 is 2.04 bits per heavy atom. The monoisotopic (exact) mass is 373 g/mol. The number of fused-ring (bicyclic) bond motifs is 1. The number of nitrogens with one attached hydrogen (secondary N) is 1. The molecule has 27 heavy (non-hydrogen) atoms. The first-order valence-corrected chi connectivity index (χ1v) is 8.49. The molecular formula is C20H23NO6. The number of amides is 1. The Bertz CT molecular complexity index is 928.